The number of rotatable bonds is 10. The topological polar surface area (TPSA) is 85.3 Å². The van der Waals surface area contributed by atoms with E-state index >= 15 is 0 Å². The summed E-state index contributed by atoms with van der Waals surface area (Å²) in [4.78, 5) is 26.7. The van der Waals surface area contributed by atoms with Gasteiger partial charge in [-0.25, -0.2) is 0 Å². The van der Waals surface area contributed by atoms with Crippen molar-refractivity contribution in [1.29, 1.82) is 0 Å². The molecule has 0 bridgehead atoms. The number of carboxylic acid groups (broad SMARTS) is 1. The van der Waals surface area contributed by atoms with Crippen LogP contribution in [0, 0.1) is 5.92 Å². The van der Waals surface area contributed by atoms with Gasteiger partial charge in [0.2, 0.25) is 0 Å². The Kier molecular flexibility index (Phi) is 9.01. The molecule has 0 unspecified atom stereocenters. The van der Waals surface area contributed by atoms with E-state index in [9.17, 15) is 14.7 Å². The molecule has 210 valence electrons. The molecule has 0 aliphatic carbocycles. The largest absolute Gasteiger partial charge is 0.497 e. The maximum atomic E-state index is 13.6. The highest BCUT2D eigenvalue weighted by Crippen LogP contribution is 2.52. The monoisotopic (exact) mass is 535 g/mol. The van der Waals surface area contributed by atoms with Crippen LogP contribution in [0.2, 0.25) is 0 Å². The Bertz CT molecular complexity index is 1220. The molecule has 0 radical (unpaired) electrons. The van der Waals surface area contributed by atoms with Crippen molar-refractivity contribution in [2.75, 3.05) is 20.2 Å². The summed E-state index contributed by atoms with van der Waals surface area (Å²) >= 11 is 0. The van der Waals surface area contributed by atoms with Crippen molar-refractivity contribution in [2.24, 2.45) is 5.92 Å². The second kappa shape index (κ2) is 12.2. The molecule has 2 aliphatic heterocycles. The van der Waals surface area contributed by atoms with Gasteiger partial charge in [-0.05, 0) is 95.7 Å². The van der Waals surface area contributed by atoms with E-state index in [1.807, 2.05) is 36.4 Å². The van der Waals surface area contributed by atoms with Crippen molar-refractivity contribution < 1.29 is 28.9 Å². The summed E-state index contributed by atoms with van der Waals surface area (Å²) in [7, 11) is 1.60. The van der Waals surface area contributed by atoms with E-state index in [4.69, 9.17) is 14.2 Å². The van der Waals surface area contributed by atoms with E-state index in [1.165, 1.54) is 10.5 Å². The van der Waals surface area contributed by atoms with Gasteiger partial charge < -0.3 is 24.2 Å². The third-order valence-corrected chi connectivity index (χ3v) is 7.93. The van der Waals surface area contributed by atoms with E-state index in [-0.39, 0.29) is 42.7 Å². The maximum absolute atomic E-state index is 13.6. The number of amides is 1. The molecule has 1 saturated heterocycles. The van der Waals surface area contributed by atoms with Crippen LogP contribution in [0.25, 0.3) is 0 Å². The molecule has 4 rings (SSSR count). The standard InChI is InChI=1S/C32H41NO6/c1-21(2)8-7-16-32(4)27-13-11-22(3)38-30(27)26-19-24(12-14-28(26)39-32)31(36)33(20-29(34)35)17-15-23-9-6-10-25(18-23)37-5/h6,8-10,12,14,18-19,22,27,30H,7,11,13,15-17,20H2,1-5H3,(H,34,35)/t22-,27-,30+,32+/m1/s1. The quantitative estimate of drug-likeness (QED) is 0.364. The van der Waals surface area contributed by atoms with Gasteiger partial charge in [-0.3, -0.25) is 9.59 Å². The molecule has 1 fully saturated rings. The first kappa shape index (κ1) is 28.7. The summed E-state index contributed by atoms with van der Waals surface area (Å²) in [5.74, 6) is 0.262. The summed E-state index contributed by atoms with van der Waals surface area (Å²) in [5.41, 5.74) is 3.20. The Hall–Kier alpha value is -3.32. The number of hydrogen-bond donors (Lipinski definition) is 1. The minimum atomic E-state index is -1.05. The number of benzene rings is 2. The third-order valence-electron chi connectivity index (χ3n) is 7.93. The third kappa shape index (κ3) is 6.82. The van der Waals surface area contributed by atoms with E-state index < -0.39 is 5.97 Å². The van der Waals surface area contributed by atoms with Crippen molar-refractivity contribution in [3.63, 3.8) is 0 Å². The number of carbonyl (C=O) groups excluding carboxylic acids is 1. The Morgan fingerprint density at radius 2 is 1.97 bits per heavy atom. The average Bonchev–Trinajstić information content (AvgIpc) is 2.90. The van der Waals surface area contributed by atoms with Crippen LogP contribution in [0.15, 0.2) is 54.1 Å². The number of aliphatic carboxylic acids is 1. The minimum Gasteiger partial charge on any atom is -0.497 e. The fourth-order valence-electron chi connectivity index (χ4n) is 5.79. The van der Waals surface area contributed by atoms with Crippen LogP contribution in [-0.2, 0) is 16.0 Å². The summed E-state index contributed by atoms with van der Waals surface area (Å²) in [6, 6.07) is 13.0. The van der Waals surface area contributed by atoms with Crippen molar-refractivity contribution >= 4 is 11.9 Å². The molecular weight excluding hydrogens is 494 g/mol. The lowest BCUT2D eigenvalue weighted by Gasteiger charge is -2.50. The molecule has 2 aromatic carbocycles. The molecule has 0 spiro atoms. The van der Waals surface area contributed by atoms with Crippen LogP contribution >= 0.6 is 0 Å². The lowest BCUT2D eigenvalue weighted by molar-refractivity contribution is -0.152. The predicted molar refractivity (Wildman–Crippen MR) is 150 cm³/mol. The number of methoxy groups -OCH3 is 1. The fourth-order valence-corrected chi connectivity index (χ4v) is 5.79. The summed E-state index contributed by atoms with van der Waals surface area (Å²) in [5, 5.41) is 9.54. The SMILES string of the molecule is COc1cccc(CCN(CC(=O)O)C(=O)c2ccc3c(c2)[C@@H]2O[C@H](C)CC[C@H]2[C@](C)(CCC=C(C)C)O3)c1. The van der Waals surface area contributed by atoms with Crippen molar-refractivity contribution in [1.82, 2.24) is 4.90 Å². The Balaban J connectivity index is 1.59. The Labute approximate surface area is 231 Å². The van der Waals surface area contributed by atoms with Gasteiger partial charge in [0.05, 0.1) is 19.3 Å². The van der Waals surface area contributed by atoms with Gasteiger partial charge in [-0.1, -0.05) is 23.8 Å². The van der Waals surface area contributed by atoms with Crippen LogP contribution < -0.4 is 9.47 Å². The first-order chi connectivity index (χ1) is 18.6. The van der Waals surface area contributed by atoms with E-state index in [0.29, 0.717) is 12.0 Å². The van der Waals surface area contributed by atoms with Crippen LogP contribution in [-0.4, -0.2) is 53.8 Å². The number of hydrogen-bond acceptors (Lipinski definition) is 5. The van der Waals surface area contributed by atoms with E-state index in [1.54, 1.807) is 13.2 Å². The number of fused-ring (bicyclic) bond motifs is 3. The first-order valence-electron chi connectivity index (χ1n) is 13.9. The fraction of sp³-hybridized carbons (Fsp3) is 0.500. The number of allylic oxidation sites excluding steroid dienone is 2. The van der Waals surface area contributed by atoms with Gasteiger partial charge in [0, 0.05) is 23.6 Å². The van der Waals surface area contributed by atoms with Crippen LogP contribution in [0.3, 0.4) is 0 Å². The number of ether oxygens (including phenoxy) is 3. The van der Waals surface area contributed by atoms with Crippen molar-refractivity contribution in [3.8, 4) is 11.5 Å². The molecule has 7 nitrogen and oxygen atoms in total. The number of nitrogens with zero attached hydrogens (tertiary/aromatic N) is 1. The molecule has 4 atom stereocenters. The van der Waals surface area contributed by atoms with Gasteiger partial charge in [0.1, 0.15) is 23.6 Å². The average molecular weight is 536 g/mol. The smallest absolute Gasteiger partial charge is 0.323 e. The lowest BCUT2D eigenvalue weighted by Crippen LogP contribution is -2.50. The van der Waals surface area contributed by atoms with Crippen LogP contribution in [0.1, 0.15) is 81.0 Å². The molecule has 0 aromatic heterocycles. The van der Waals surface area contributed by atoms with Crippen molar-refractivity contribution in [2.45, 2.75) is 77.6 Å². The van der Waals surface area contributed by atoms with Crippen LogP contribution in [0.5, 0.6) is 11.5 Å². The highest BCUT2D eigenvalue weighted by atomic mass is 16.5. The van der Waals surface area contributed by atoms with Crippen molar-refractivity contribution in [3.05, 3.63) is 70.8 Å². The maximum Gasteiger partial charge on any atom is 0.323 e. The zero-order chi connectivity index (χ0) is 28.2. The summed E-state index contributed by atoms with van der Waals surface area (Å²) in [6.07, 6.45) is 6.47. The second-order valence-corrected chi connectivity index (χ2v) is 11.3. The molecule has 7 heteroatoms. The summed E-state index contributed by atoms with van der Waals surface area (Å²) < 4.78 is 18.4. The zero-order valence-corrected chi connectivity index (χ0v) is 23.7. The molecule has 39 heavy (non-hydrogen) atoms. The normalized spacial score (nSPS) is 23.6. The molecule has 1 amide bonds. The van der Waals surface area contributed by atoms with Gasteiger partial charge in [-0.15, -0.1) is 0 Å². The summed E-state index contributed by atoms with van der Waals surface area (Å²) in [6.45, 7) is 8.38. The zero-order valence-electron chi connectivity index (χ0n) is 23.7. The lowest BCUT2D eigenvalue weighted by atomic mass is 9.72. The van der Waals surface area contributed by atoms with Gasteiger partial charge in [-0.2, -0.15) is 0 Å². The minimum absolute atomic E-state index is 0.116. The molecule has 1 N–H and O–H groups in total. The van der Waals surface area contributed by atoms with Gasteiger partial charge >= 0.3 is 5.97 Å². The Morgan fingerprint density at radius 1 is 1.18 bits per heavy atom. The first-order valence-corrected chi connectivity index (χ1v) is 13.9. The second-order valence-electron chi connectivity index (χ2n) is 11.3. The highest BCUT2D eigenvalue weighted by Gasteiger charge is 2.49. The number of carbonyl (C=O) groups is 2. The molecule has 0 saturated carbocycles. The van der Waals surface area contributed by atoms with Gasteiger partial charge in [0.25, 0.3) is 5.91 Å². The molecule has 2 aromatic rings. The molecule has 2 heterocycles. The van der Waals surface area contributed by atoms with E-state index in [2.05, 4.69) is 33.8 Å². The Morgan fingerprint density at radius 3 is 2.69 bits per heavy atom. The molecule has 2 aliphatic rings. The molecular formula is C32H41NO6. The number of carboxylic acids is 1. The van der Waals surface area contributed by atoms with E-state index in [0.717, 1.165) is 48.3 Å². The van der Waals surface area contributed by atoms with Crippen LogP contribution in [0.4, 0.5) is 0 Å². The van der Waals surface area contributed by atoms with Gasteiger partial charge in [0.15, 0.2) is 0 Å². The predicted octanol–water partition coefficient (Wildman–Crippen LogP) is 6.22. The highest BCUT2D eigenvalue weighted by molar-refractivity contribution is 5.96.